The van der Waals surface area contributed by atoms with Gasteiger partial charge in [-0.05, 0) is 42.8 Å². The number of ether oxygens (including phenoxy) is 1. The largest absolute Gasteiger partial charge is 0.488 e. The van der Waals surface area contributed by atoms with E-state index in [0.29, 0.717) is 0 Å². The zero-order chi connectivity index (χ0) is 20.4. The second kappa shape index (κ2) is 7.96. The minimum atomic E-state index is -3.28. The van der Waals surface area contributed by atoms with Crippen LogP contribution in [0.4, 0.5) is 0 Å². The lowest BCUT2D eigenvalue weighted by atomic mass is 10.1. The number of aryl methyl sites for hydroxylation is 1. The summed E-state index contributed by atoms with van der Waals surface area (Å²) in [4.78, 5) is 6.35. The van der Waals surface area contributed by atoms with Crippen molar-refractivity contribution in [3.63, 3.8) is 0 Å². The molecule has 0 bridgehead atoms. The van der Waals surface area contributed by atoms with Crippen LogP contribution in [0.1, 0.15) is 12.6 Å². The lowest BCUT2D eigenvalue weighted by Gasteiger charge is -2.38. The molecular formula is C21H24N4O3S. The first-order chi connectivity index (χ1) is 13.9. The van der Waals surface area contributed by atoms with Crippen LogP contribution in [-0.2, 0) is 22.9 Å². The number of rotatable bonds is 7. The van der Waals surface area contributed by atoms with E-state index in [4.69, 9.17) is 4.74 Å². The third-order valence-corrected chi connectivity index (χ3v) is 5.94. The highest BCUT2D eigenvalue weighted by molar-refractivity contribution is 7.90. The number of pyridine rings is 1. The van der Waals surface area contributed by atoms with Crippen LogP contribution in [0.5, 0.6) is 5.75 Å². The molecule has 0 radical (unpaired) electrons. The average molecular weight is 413 g/mol. The summed E-state index contributed by atoms with van der Waals surface area (Å²) in [7, 11) is -3.28. The summed E-state index contributed by atoms with van der Waals surface area (Å²) in [6.07, 6.45) is 4.93. The Bertz CT molecular complexity index is 1070. The van der Waals surface area contributed by atoms with Crippen molar-refractivity contribution >= 4 is 9.84 Å². The molecular weight excluding hydrogens is 388 g/mol. The third-order valence-electron chi connectivity index (χ3n) is 4.94. The monoisotopic (exact) mass is 412 g/mol. The molecule has 0 saturated carbocycles. The van der Waals surface area contributed by atoms with Crippen LogP contribution in [0.25, 0.3) is 11.1 Å². The van der Waals surface area contributed by atoms with Gasteiger partial charge < -0.3 is 4.74 Å². The summed E-state index contributed by atoms with van der Waals surface area (Å²) in [5.74, 6) is 0.828. The highest BCUT2D eigenvalue weighted by atomic mass is 32.2. The normalized spacial score (nSPS) is 15.2. The maximum Gasteiger partial charge on any atom is 0.192 e. The molecule has 152 valence electrons. The zero-order valence-electron chi connectivity index (χ0n) is 16.5. The van der Waals surface area contributed by atoms with Gasteiger partial charge in [-0.25, -0.2) is 13.4 Å². The number of likely N-dealkylation sites (tertiary alicyclic amines) is 1. The maximum absolute atomic E-state index is 11.5. The van der Waals surface area contributed by atoms with Crippen LogP contribution in [0.3, 0.4) is 0 Å². The van der Waals surface area contributed by atoms with Gasteiger partial charge in [-0.15, -0.1) is 0 Å². The summed E-state index contributed by atoms with van der Waals surface area (Å²) in [5, 5.41) is 4.59. The molecule has 7 nitrogen and oxygen atoms in total. The quantitative estimate of drug-likeness (QED) is 0.594. The Morgan fingerprint density at radius 3 is 2.38 bits per heavy atom. The molecule has 0 aliphatic carbocycles. The lowest BCUT2D eigenvalue weighted by molar-refractivity contribution is 0.0137. The van der Waals surface area contributed by atoms with Gasteiger partial charge in [-0.3, -0.25) is 9.58 Å². The van der Waals surface area contributed by atoms with Crippen molar-refractivity contribution in [2.24, 2.45) is 0 Å². The second-order valence-corrected chi connectivity index (χ2v) is 9.24. The SMILES string of the molecule is CCn1ccc(CN2CC(Oc3ccc(-c4ccc(S(C)(=O)=O)nc4)cc3)C2)n1. The van der Waals surface area contributed by atoms with Crippen molar-refractivity contribution in [2.45, 2.75) is 31.1 Å². The van der Waals surface area contributed by atoms with Crippen LogP contribution < -0.4 is 4.74 Å². The Morgan fingerprint density at radius 2 is 1.79 bits per heavy atom. The zero-order valence-corrected chi connectivity index (χ0v) is 17.3. The maximum atomic E-state index is 11.5. The Morgan fingerprint density at radius 1 is 1.07 bits per heavy atom. The summed E-state index contributed by atoms with van der Waals surface area (Å²) >= 11 is 0. The Labute approximate surface area is 170 Å². The third kappa shape index (κ3) is 4.65. The van der Waals surface area contributed by atoms with E-state index in [-0.39, 0.29) is 11.1 Å². The highest BCUT2D eigenvalue weighted by Gasteiger charge is 2.28. The first kappa shape index (κ1) is 19.6. The number of benzene rings is 1. The molecule has 0 amide bonds. The topological polar surface area (TPSA) is 77.3 Å². The smallest absolute Gasteiger partial charge is 0.192 e. The van der Waals surface area contributed by atoms with E-state index in [1.54, 1.807) is 12.3 Å². The van der Waals surface area contributed by atoms with E-state index in [1.807, 2.05) is 35.1 Å². The predicted molar refractivity (Wildman–Crippen MR) is 110 cm³/mol. The fourth-order valence-electron chi connectivity index (χ4n) is 3.31. The van der Waals surface area contributed by atoms with E-state index in [0.717, 1.165) is 55.0 Å². The molecule has 0 spiro atoms. The van der Waals surface area contributed by atoms with Gasteiger partial charge in [0, 0.05) is 50.4 Å². The lowest BCUT2D eigenvalue weighted by Crippen LogP contribution is -2.53. The fourth-order valence-corrected chi connectivity index (χ4v) is 3.87. The van der Waals surface area contributed by atoms with E-state index in [9.17, 15) is 8.42 Å². The van der Waals surface area contributed by atoms with Gasteiger partial charge in [0.15, 0.2) is 14.9 Å². The molecule has 0 unspecified atom stereocenters. The van der Waals surface area contributed by atoms with E-state index in [2.05, 4.69) is 28.0 Å². The van der Waals surface area contributed by atoms with Gasteiger partial charge in [0.1, 0.15) is 11.9 Å². The Kier molecular flexibility index (Phi) is 5.38. The van der Waals surface area contributed by atoms with Gasteiger partial charge in [-0.1, -0.05) is 12.1 Å². The first-order valence-corrected chi connectivity index (χ1v) is 11.5. The van der Waals surface area contributed by atoms with Crippen molar-refractivity contribution in [3.8, 4) is 16.9 Å². The molecule has 8 heteroatoms. The molecule has 3 heterocycles. The number of aromatic nitrogens is 3. The summed E-state index contributed by atoms with van der Waals surface area (Å²) in [6, 6.07) is 13.1. The molecule has 4 rings (SSSR count). The predicted octanol–water partition coefficient (Wildman–Crippen LogP) is 2.63. The highest BCUT2D eigenvalue weighted by Crippen LogP contribution is 2.25. The summed E-state index contributed by atoms with van der Waals surface area (Å²) in [6.45, 7) is 5.59. The second-order valence-electron chi connectivity index (χ2n) is 7.28. The number of nitrogens with zero attached hydrogens (tertiary/aromatic N) is 4. The van der Waals surface area contributed by atoms with E-state index >= 15 is 0 Å². The molecule has 1 aliphatic heterocycles. The van der Waals surface area contributed by atoms with Gasteiger partial charge in [0.2, 0.25) is 0 Å². The molecule has 1 saturated heterocycles. The van der Waals surface area contributed by atoms with Gasteiger partial charge >= 0.3 is 0 Å². The van der Waals surface area contributed by atoms with Crippen molar-refractivity contribution < 1.29 is 13.2 Å². The molecule has 0 atom stereocenters. The molecule has 1 fully saturated rings. The standard InChI is InChI=1S/C21H24N4O3S/c1-3-25-11-10-18(23-25)13-24-14-20(15-24)28-19-7-4-16(5-8-19)17-6-9-21(22-12-17)29(2,26)27/h4-12,20H,3,13-15H2,1-2H3. The minimum Gasteiger partial charge on any atom is -0.488 e. The molecule has 1 aliphatic rings. The number of hydrogen-bond donors (Lipinski definition) is 0. The summed E-state index contributed by atoms with van der Waals surface area (Å²) in [5.41, 5.74) is 2.92. The average Bonchev–Trinajstić information content (AvgIpc) is 3.14. The fraction of sp³-hybridized carbons (Fsp3) is 0.333. The molecule has 29 heavy (non-hydrogen) atoms. The van der Waals surface area contributed by atoms with Gasteiger partial charge in [-0.2, -0.15) is 5.10 Å². The Balaban J connectivity index is 1.30. The van der Waals surface area contributed by atoms with Crippen LogP contribution >= 0.6 is 0 Å². The molecule has 1 aromatic carbocycles. The van der Waals surface area contributed by atoms with Crippen molar-refractivity contribution in [1.29, 1.82) is 0 Å². The molecule has 3 aromatic rings. The Hall–Kier alpha value is -2.71. The van der Waals surface area contributed by atoms with Gasteiger partial charge in [0.25, 0.3) is 0 Å². The van der Waals surface area contributed by atoms with Gasteiger partial charge in [0.05, 0.1) is 5.69 Å². The first-order valence-electron chi connectivity index (χ1n) is 9.58. The van der Waals surface area contributed by atoms with E-state index < -0.39 is 9.84 Å². The molecule has 2 aromatic heterocycles. The van der Waals surface area contributed by atoms with Crippen LogP contribution in [-0.4, -0.2) is 53.5 Å². The number of sulfone groups is 1. The van der Waals surface area contributed by atoms with Crippen molar-refractivity contribution in [1.82, 2.24) is 19.7 Å². The van der Waals surface area contributed by atoms with Crippen LogP contribution in [0.15, 0.2) is 59.9 Å². The summed E-state index contributed by atoms with van der Waals surface area (Å²) < 4.78 is 31.0. The van der Waals surface area contributed by atoms with Crippen molar-refractivity contribution in [2.75, 3.05) is 19.3 Å². The van der Waals surface area contributed by atoms with Crippen LogP contribution in [0, 0.1) is 0 Å². The molecule has 0 N–H and O–H groups in total. The number of hydrogen-bond acceptors (Lipinski definition) is 6. The van der Waals surface area contributed by atoms with Crippen molar-refractivity contribution in [3.05, 3.63) is 60.6 Å². The van der Waals surface area contributed by atoms with E-state index in [1.165, 1.54) is 6.07 Å². The van der Waals surface area contributed by atoms with Crippen LogP contribution in [0.2, 0.25) is 0 Å². The minimum absolute atomic E-state index is 0.0807.